The highest BCUT2D eigenvalue weighted by Crippen LogP contribution is 2.30. The number of esters is 1. The molecule has 1 heterocycles. The molecule has 0 spiro atoms. The summed E-state index contributed by atoms with van der Waals surface area (Å²) in [7, 11) is 1.50. The van der Waals surface area contributed by atoms with Crippen molar-refractivity contribution >= 4 is 40.2 Å². The van der Waals surface area contributed by atoms with E-state index in [4.69, 9.17) is 9.47 Å². The van der Waals surface area contributed by atoms with Crippen LogP contribution >= 0.6 is 0 Å². The third-order valence-electron chi connectivity index (χ3n) is 5.91. The summed E-state index contributed by atoms with van der Waals surface area (Å²) in [6.07, 6.45) is -0.863. The van der Waals surface area contributed by atoms with Crippen LogP contribution in [0.3, 0.4) is 0 Å². The highest BCUT2D eigenvalue weighted by atomic mass is 16.5. The van der Waals surface area contributed by atoms with Gasteiger partial charge in [-0.05, 0) is 55.5 Å². The molecule has 0 aliphatic carbocycles. The molecule has 0 radical (unpaired) electrons. The van der Waals surface area contributed by atoms with Gasteiger partial charge in [0.05, 0.1) is 12.8 Å². The Morgan fingerprint density at radius 3 is 2.29 bits per heavy atom. The largest absolute Gasteiger partial charge is 0.495 e. The van der Waals surface area contributed by atoms with Crippen LogP contribution in [0.25, 0.3) is 10.8 Å². The van der Waals surface area contributed by atoms with Crippen molar-refractivity contribution in [1.82, 2.24) is 4.90 Å². The predicted molar refractivity (Wildman–Crippen MR) is 130 cm³/mol. The van der Waals surface area contributed by atoms with Gasteiger partial charge in [-0.3, -0.25) is 24.1 Å². The number of benzene rings is 3. The van der Waals surface area contributed by atoms with Crippen molar-refractivity contribution in [3.63, 3.8) is 0 Å². The number of imide groups is 1. The van der Waals surface area contributed by atoms with Gasteiger partial charge >= 0.3 is 5.97 Å². The summed E-state index contributed by atoms with van der Waals surface area (Å²) < 4.78 is 10.5. The average molecular weight is 475 g/mol. The Hall–Kier alpha value is -4.20. The minimum absolute atomic E-state index is 0.0473. The summed E-state index contributed by atoms with van der Waals surface area (Å²) in [4.78, 5) is 51.9. The second kappa shape index (κ2) is 9.97. The molecular formula is C27H26N2O6. The number of hydrogen-bond donors (Lipinski definition) is 1. The van der Waals surface area contributed by atoms with Crippen LogP contribution in [0.4, 0.5) is 5.69 Å². The van der Waals surface area contributed by atoms with Crippen LogP contribution in [0, 0.1) is 6.92 Å². The van der Waals surface area contributed by atoms with E-state index in [0.29, 0.717) is 28.0 Å². The molecule has 0 fully saturated rings. The van der Waals surface area contributed by atoms with Crippen LogP contribution in [0.2, 0.25) is 0 Å². The monoisotopic (exact) mass is 474 g/mol. The van der Waals surface area contributed by atoms with Crippen molar-refractivity contribution in [2.24, 2.45) is 0 Å². The molecule has 3 aromatic carbocycles. The summed E-state index contributed by atoms with van der Waals surface area (Å²) in [5.41, 5.74) is 2.36. The van der Waals surface area contributed by atoms with E-state index in [1.165, 1.54) is 14.0 Å². The first-order chi connectivity index (χ1) is 16.8. The minimum Gasteiger partial charge on any atom is -0.495 e. The van der Waals surface area contributed by atoms with Gasteiger partial charge in [-0.25, -0.2) is 0 Å². The van der Waals surface area contributed by atoms with Crippen molar-refractivity contribution in [3.05, 3.63) is 71.3 Å². The van der Waals surface area contributed by atoms with Gasteiger partial charge in [-0.1, -0.05) is 30.3 Å². The van der Waals surface area contributed by atoms with Gasteiger partial charge in [0.15, 0.2) is 6.10 Å². The van der Waals surface area contributed by atoms with Crippen LogP contribution in [-0.2, 0) is 14.3 Å². The maximum Gasteiger partial charge on any atom is 0.306 e. The van der Waals surface area contributed by atoms with E-state index in [1.807, 2.05) is 25.1 Å². The minimum atomic E-state index is -1.03. The maximum atomic E-state index is 12.9. The molecule has 1 N–H and O–H groups in total. The van der Waals surface area contributed by atoms with Gasteiger partial charge in [0.1, 0.15) is 5.75 Å². The number of nitrogens with one attached hydrogen (secondary N) is 1. The number of methoxy groups -OCH3 is 1. The number of hydrogen-bond acceptors (Lipinski definition) is 6. The highest BCUT2D eigenvalue weighted by Gasteiger charge is 2.32. The summed E-state index contributed by atoms with van der Waals surface area (Å²) in [5, 5.41) is 4.20. The fourth-order valence-corrected chi connectivity index (χ4v) is 4.13. The van der Waals surface area contributed by atoms with Crippen LogP contribution in [-0.4, -0.2) is 48.3 Å². The molecule has 8 heteroatoms. The maximum absolute atomic E-state index is 12.9. The average Bonchev–Trinajstić information content (AvgIpc) is 2.84. The lowest BCUT2D eigenvalue weighted by Gasteiger charge is -2.27. The molecule has 0 saturated carbocycles. The number of rotatable bonds is 8. The number of aryl methyl sites for hydroxylation is 1. The number of amides is 3. The van der Waals surface area contributed by atoms with Crippen LogP contribution in [0.5, 0.6) is 5.75 Å². The molecule has 1 aliphatic rings. The number of anilines is 1. The molecule has 3 amide bonds. The second-order valence-electron chi connectivity index (χ2n) is 8.40. The number of carbonyl (C=O) groups excluding carboxylic acids is 4. The van der Waals surface area contributed by atoms with Crippen molar-refractivity contribution < 1.29 is 28.7 Å². The topological polar surface area (TPSA) is 102 Å². The van der Waals surface area contributed by atoms with E-state index < -0.39 is 18.0 Å². The second-order valence-corrected chi connectivity index (χ2v) is 8.40. The Balaban J connectivity index is 1.32. The molecule has 1 atom stereocenters. The van der Waals surface area contributed by atoms with Gasteiger partial charge in [0.2, 0.25) is 0 Å². The molecule has 1 unspecified atom stereocenters. The van der Waals surface area contributed by atoms with Gasteiger partial charge < -0.3 is 14.8 Å². The quantitative estimate of drug-likeness (QED) is 0.390. The predicted octanol–water partition coefficient (Wildman–Crippen LogP) is 4.10. The number of ether oxygens (including phenoxy) is 2. The zero-order valence-corrected chi connectivity index (χ0v) is 19.8. The first-order valence-electron chi connectivity index (χ1n) is 11.3. The molecule has 35 heavy (non-hydrogen) atoms. The first-order valence-corrected chi connectivity index (χ1v) is 11.3. The van der Waals surface area contributed by atoms with Crippen LogP contribution < -0.4 is 10.1 Å². The molecule has 0 aromatic heterocycles. The molecule has 180 valence electrons. The van der Waals surface area contributed by atoms with Crippen molar-refractivity contribution in [2.75, 3.05) is 19.0 Å². The lowest BCUT2D eigenvalue weighted by Crippen LogP contribution is -2.41. The normalized spacial score (nSPS) is 13.5. The van der Waals surface area contributed by atoms with Gasteiger partial charge in [0, 0.05) is 29.5 Å². The van der Waals surface area contributed by atoms with Crippen molar-refractivity contribution in [1.29, 1.82) is 0 Å². The van der Waals surface area contributed by atoms with E-state index in [0.717, 1.165) is 15.8 Å². The Morgan fingerprint density at radius 1 is 1.00 bits per heavy atom. The SMILES string of the molecule is COc1ccc(C)cc1NC(=O)C(C)OC(=O)CCCN1C(=O)c2cccc3cccc(c23)C1=O. The van der Waals surface area contributed by atoms with E-state index in [2.05, 4.69) is 5.32 Å². The van der Waals surface area contributed by atoms with E-state index in [9.17, 15) is 19.2 Å². The Kier molecular flexibility index (Phi) is 6.82. The fourth-order valence-electron chi connectivity index (χ4n) is 4.13. The van der Waals surface area contributed by atoms with E-state index in [-0.39, 0.29) is 31.2 Å². The zero-order valence-electron chi connectivity index (χ0n) is 19.8. The van der Waals surface area contributed by atoms with Crippen LogP contribution in [0.1, 0.15) is 46.0 Å². The third kappa shape index (κ3) is 4.87. The lowest BCUT2D eigenvalue weighted by molar-refractivity contribution is -0.153. The Labute approximate surface area is 202 Å². The third-order valence-corrected chi connectivity index (χ3v) is 5.91. The zero-order chi connectivity index (χ0) is 25.1. The van der Waals surface area contributed by atoms with Gasteiger partial charge in [0.25, 0.3) is 17.7 Å². The molecule has 0 bridgehead atoms. The number of nitrogens with zero attached hydrogens (tertiary/aromatic N) is 1. The van der Waals surface area contributed by atoms with Crippen molar-refractivity contribution in [3.8, 4) is 5.75 Å². The van der Waals surface area contributed by atoms with E-state index >= 15 is 0 Å². The smallest absolute Gasteiger partial charge is 0.306 e. The molecule has 0 saturated heterocycles. The standard InChI is InChI=1S/C27H26N2O6/c1-16-12-13-22(34-3)21(15-16)28-25(31)17(2)35-23(30)11-6-14-29-26(32)19-9-4-7-18-8-5-10-20(24(18)19)27(29)33/h4-5,7-10,12-13,15,17H,6,11,14H2,1-3H3,(H,28,31). The molecule has 8 nitrogen and oxygen atoms in total. The Bertz CT molecular complexity index is 1280. The lowest BCUT2D eigenvalue weighted by atomic mass is 9.94. The molecule has 4 rings (SSSR count). The molecule has 1 aliphatic heterocycles. The summed E-state index contributed by atoms with van der Waals surface area (Å²) >= 11 is 0. The molecular weight excluding hydrogens is 448 g/mol. The van der Waals surface area contributed by atoms with Crippen LogP contribution in [0.15, 0.2) is 54.6 Å². The Morgan fingerprint density at radius 2 is 1.66 bits per heavy atom. The summed E-state index contributed by atoms with van der Waals surface area (Å²) in [6, 6.07) is 16.0. The first kappa shape index (κ1) is 23.9. The van der Waals surface area contributed by atoms with E-state index in [1.54, 1.807) is 36.4 Å². The fraction of sp³-hybridized carbons (Fsp3) is 0.259. The summed E-state index contributed by atoms with van der Waals surface area (Å²) in [6.45, 7) is 3.43. The highest BCUT2D eigenvalue weighted by molar-refractivity contribution is 6.25. The summed E-state index contributed by atoms with van der Waals surface area (Å²) in [5.74, 6) is -1.35. The van der Waals surface area contributed by atoms with Gasteiger partial charge in [-0.2, -0.15) is 0 Å². The van der Waals surface area contributed by atoms with Crippen molar-refractivity contribution in [2.45, 2.75) is 32.8 Å². The molecule has 3 aromatic rings. The number of carbonyl (C=O) groups is 4. The van der Waals surface area contributed by atoms with Gasteiger partial charge in [-0.15, -0.1) is 0 Å².